The van der Waals surface area contributed by atoms with Gasteiger partial charge >= 0.3 is 0 Å². The Bertz CT molecular complexity index is 749. The molecule has 0 spiro atoms. The third kappa shape index (κ3) is 6.00. The monoisotopic (exact) mass is 503 g/mol. The Kier molecular flexibility index (Phi) is 8.22. The highest BCUT2D eigenvalue weighted by molar-refractivity contribution is 14.0. The second kappa shape index (κ2) is 10.2. The lowest BCUT2D eigenvalue weighted by Crippen LogP contribution is -2.43. The lowest BCUT2D eigenvalue weighted by Gasteiger charge is -2.23. The van der Waals surface area contributed by atoms with Gasteiger partial charge in [0.05, 0.1) is 12.7 Å². The third-order valence-corrected chi connectivity index (χ3v) is 4.85. The number of halogens is 2. The predicted octanol–water partition coefficient (Wildman–Crippen LogP) is 3.52. The quantitative estimate of drug-likeness (QED) is 0.385. The summed E-state index contributed by atoms with van der Waals surface area (Å²) in [7, 11) is 3.78. The summed E-state index contributed by atoms with van der Waals surface area (Å²) in [6, 6.07) is 7.43. The van der Waals surface area contributed by atoms with Crippen LogP contribution in [0.5, 0.6) is 5.75 Å². The van der Waals surface area contributed by atoms with Gasteiger partial charge in [-0.2, -0.15) is 5.10 Å². The summed E-state index contributed by atoms with van der Waals surface area (Å²) in [4.78, 5) is 6.73. The van der Waals surface area contributed by atoms with Crippen molar-refractivity contribution < 1.29 is 4.74 Å². The van der Waals surface area contributed by atoms with Crippen molar-refractivity contribution in [1.82, 2.24) is 20.0 Å². The van der Waals surface area contributed by atoms with Gasteiger partial charge < -0.3 is 15.0 Å². The Hall–Kier alpha value is -1.48. The van der Waals surface area contributed by atoms with Crippen molar-refractivity contribution in [2.75, 3.05) is 26.7 Å². The van der Waals surface area contributed by atoms with E-state index in [1.807, 2.05) is 56.2 Å². The molecule has 27 heavy (non-hydrogen) atoms. The lowest BCUT2D eigenvalue weighted by atomic mass is 10.0. The van der Waals surface area contributed by atoms with Crippen LogP contribution >= 0.6 is 35.6 Å². The number of benzene rings is 1. The molecule has 148 valence electrons. The zero-order valence-corrected chi connectivity index (χ0v) is 19.0. The smallest absolute Gasteiger partial charge is 0.193 e. The van der Waals surface area contributed by atoms with Crippen molar-refractivity contribution in [3.8, 4) is 5.75 Å². The molecule has 2 atom stereocenters. The number of guanidine groups is 1. The minimum atomic E-state index is 0. The maximum absolute atomic E-state index is 5.91. The molecule has 1 aliphatic heterocycles. The molecule has 1 aromatic heterocycles. The Morgan fingerprint density at radius 1 is 1.41 bits per heavy atom. The van der Waals surface area contributed by atoms with Crippen LogP contribution in [-0.4, -0.2) is 53.4 Å². The summed E-state index contributed by atoms with van der Waals surface area (Å²) in [6.07, 6.45) is 5.20. The van der Waals surface area contributed by atoms with Crippen molar-refractivity contribution in [3.63, 3.8) is 0 Å². The van der Waals surface area contributed by atoms with Crippen LogP contribution in [0, 0.1) is 0 Å². The maximum Gasteiger partial charge on any atom is 0.193 e. The van der Waals surface area contributed by atoms with Gasteiger partial charge in [-0.05, 0) is 43.2 Å². The van der Waals surface area contributed by atoms with E-state index in [0.29, 0.717) is 17.5 Å². The number of nitrogens with one attached hydrogen (secondary N) is 1. The van der Waals surface area contributed by atoms with E-state index in [4.69, 9.17) is 16.3 Å². The molecule has 0 radical (unpaired) electrons. The number of hydrogen-bond donors (Lipinski definition) is 1. The topological polar surface area (TPSA) is 54.7 Å². The number of rotatable bonds is 5. The molecule has 0 saturated carbocycles. The van der Waals surface area contributed by atoms with Gasteiger partial charge in [0.15, 0.2) is 5.96 Å². The van der Waals surface area contributed by atoms with Gasteiger partial charge in [-0.15, -0.1) is 24.0 Å². The van der Waals surface area contributed by atoms with Crippen LogP contribution in [0.4, 0.5) is 0 Å². The molecule has 8 heteroatoms. The standard InChI is InChI=1S/C19H26ClN5O.HI/c1-14(26-18-6-4-17(20)5-7-18)10-22-19(21-2)25-9-8-15(13-25)16-11-23-24(3)12-16;/h4-7,11-12,14-15H,8-10,13H2,1-3H3,(H,21,22);1H. The molecule has 0 aliphatic carbocycles. The van der Waals surface area contributed by atoms with Gasteiger partial charge in [0, 0.05) is 44.3 Å². The van der Waals surface area contributed by atoms with Crippen molar-refractivity contribution in [1.29, 1.82) is 0 Å². The molecule has 2 unspecified atom stereocenters. The Morgan fingerprint density at radius 2 is 2.15 bits per heavy atom. The Morgan fingerprint density at radius 3 is 2.78 bits per heavy atom. The second-order valence-corrected chi connectivity index (χ2v) is 7.13. The van der Waals surface area contributed by atoms with Crippen molar-refractivity contribution in [2.24, 2.45) is 12.0 Å². The van der Waals surface area contributed by atoms with Gasteiger partial charge in [0.25, 0.3) is 0 Å². The minimum absolute atomic E-state index is 0. The first kappa shape index (κ1) is 21.8. The van der Waals surface area contributed by atoms with Crippen LogP contribution in [0.15, 0.2) is 41.7 Å². The molecule has 3 rings (SSSR count). The number of ether oxygens (including phenoxy) is 1. The first-order valence-corrected chi connectivity index (χ1v) is 9.29. The van der Waals surface area contributed by atoms with Crippen LogP contribution in [0.2, 0.25) is 5.02 Å². The first-order chi connectivity index (χ1) is 12.5. The molecular weight excluding hydrogens is 477 g/mol. The molecule has 0 bridgehead atoms. The molecular formula is C19H27ClIN5O. The number of aliphatic imine (C=N–C) groups is 1. The molecule has 1 aliphatic rings. The summed E-state index contributed by atoms with van der Waals surface area (Å²) >= 11 is 5.91. The van der Waals surface area contributed by atoms with E-state index in [1.165, 1.54) is 5.56 Å². The van der Waals surface area contributed by atoms with Gasteiger partial charge in [-0.3, -0.25) is 9.67 Å². The second-order valence-electron chi connectivity index (χ2n) is 6.69. The summed E-state index contributed by atoms with van der Waals surface area (Å²) in [5.74, 6) is 2.24. The number of likely N-dealkylation sites (tertiary alicyclic amines) is 1. The van der Waals surface area contributed by atoms with Crippen LogP contribution in [0.1, 0.15) is 24.8 Å². The number of hydrogen-bond acceptors (Lipinski definition) is 3. The normalized spacial score (nSPS) is 18.1. The lowest BCUT2D eigenvalue weighted by molar-refractivity contribution is 0.222. The van der Waals surface area contributed by atoms with E-state index in [9.17, 15) is 0 Å². The Labute approximate surface area is 183 Å². The van der Waals surface area contributed by atoms with E-state index in [2.05, 4.69) is 26.5 Å². The summed E-state index contributed by atoms with van der Waals surface area (Å²) in [6.45, 7) is 4.67. The largest absolute Gasteiger partial charge is 0.489 e. The van der Waals surface area contributed by atoms with E-state index < -0.39 is 0 Å². The molecule has 0 amide bonds. The molecule has 1 aromatic carbocycles. The minimum Gasteiger partial charge on any atom is -0.489 e. The first-order valence-electron chi connectivity index (χ1n) is 8.91. The van der Waals surface area contributed by atoms with E-state index in [1.54, 1.807) is 0 Å². The highest BCUT2D eigenvalue weighted by Gasteiger charge is 2.27. The SMILES string of the molecule is CN=C(NCC(C)Oc1ccc(Cl)cc1)N1CCC(c2cnn(C)c2)C1.I. The summed E-state index contributed by atoms with van der Waals surface area (Å²) in [5.41, 5.74) is 1.30. The fourth-order valence-corrected chi connectivity index (χ4v) is 3.36. The van der Waals surface area contributed by atoms with Crippen LogP contribution in [0.25, 0.3) is 0 Å². The van der Waals surface area contributed by atoms with Crippen LogP contribution < -0.4 is 10.1 Å². The maximum atomic E-state index is 5.91. The molecule has 6 nitrogen and oxygen atoms in total. The Balaban J connectivity index is 0.00000261. The average Bonchev–Trinajstić information content (AvgIpc) is 3.27. The molecule has 2 heterocycles. The van der Waals surface area contributed by atoms with Crippen LogP contribution in [-0.2, 0) is 7.05 Å². The fraction of sp³-hybridized carbons (Fsp3) is 0.474. The van der Waals surface area contributed by atoms with E-state index in [-0.39, 0.29) is 30.1 Å². The average molecular weight is 504 g/mol. The molecule has 1 saturated heterocycles. The van der Waals surface area contributed by atoms with E-state index >= 15 is 0 Å². The number of nitrogens with zero attached hydrogens (tertiary/aromatic N) is 4. The van der Waals surface area contributed by atoms with E-state index in [0.717, 1.165) is 31.2 Å². The number of aryl methyl sites for hydroxylation is 1. The highest BCUT2D eigenvalue weighted by Crippen LogP contribution is 2.26. The zero-order valence-electron chi connectivity index (χ0n) is 15.9. The summed E-state index contributed by atoms with van der Waals surface area (Å²) in [5, 5.41) is 8.42. The highest BCUT2D eigenvalue weighted by atomic mass is 127. The van der Waals surface area contributed by atoms with Gasteiger partial charge in [-0.1, -0.05) is 11.6 Å². The van der Waals surface area contributed by atoms with Crippen molar-refractivity contribution >= 4 is 41.5 Å². The van der Waals surface area contributed by atoms with Crippen molar-refractivity contribution in [3.05, 3.63) is 47.2 Å². The molecule has 1 N–H and O–H groups in total. The van der Waals surface area contributed by atoms with Crippen LogP contribution in [0.3, 0.4) is 0 Å². The fourth-order valence-electron chi connectivity index (χ4n) is 3.23. The van der Waals surface area contributed by atoms with Gasteiger partial charge in [0.1, 0.15) is 11.9 Å². The molecule has 1 fully saturated rings. The van der Waals surface area contributed by atoms with Gasteiger partial charge in [0.2, 0.25) is 0 Å². The summed E-state index contributed by atoms with van der Waals surface area (Å²) < 4.78 is 7.78. The van der Waals surface area contributed by atoms with Crippen molar-refractivity contribution in [2.45, 2.75) is 25.4 Å². The zero-order chi connectivity index (χ0) is 18.5. The number of aromatic nitrogens is 2. The predicted molar refractivity (Wildman–Crippen MR) is 120 cm³/mol. The third-order valence-electron chi connectivity index (χ3n) is 4.59. The van der Waals surface area contributed by atoms with Gasteiger partial charge in [-0.25, -0.2) is 0 Å². The molecule has 2 aromatic rings.